The molecule has 0 aliphatic carbocycles. The lowest BCUT2D eigenvalue weighted by Gasteiger charge is -2.19. The van der Waals surface area contributed by atoms with E-state index in [1.54, 1.807) is 45.9 Å². The zero-order chi connectivity index (χ0) is 19.0. The van der Waals surface area contributed by atoms with Crippen LogP contribution in [0.3, 0.4) is 0 Å². The van der Waals surface area contributed by atoms with Gasteiger partial charge in [-0.2, -0.15) is 0 Å². The Labute approximate surface area is 167 Å². The van der Waals surface area contributed by atoms with Gasteiger partial charge in [-0.3, -0.25) is 0 Å². The molecule has 25 heavy (non-hydrogen) atoms. The van der Waals surface area contributed by atoms with Crippen LogP contribution in [-0.4, -0.2) is 30.2 Å². The van der Waals surface area contributed by atoms with Gasteiger partial charge in [0.2, 0.25) is 0 Å². The van der Waals surface area contributed by atoms with Crippen molar-refractivity contribution in [1.82, 2.24) is 0 Å². The van der Waals surface area contributed by atoms with Crippen LogP contribution in [0.2, 0.25) is 5.02 Å². The Balaban J connectivity index is 2.82. The summed E-state index contributed by atoms with van der Waals surface area (Å²) in [6, 6.07) is 4.73. The normalized spacial score (nSPS) is 12.7. The van der Waals surface area contributed by atoms with Crippen LogP contribution in [0.1, 0.15) is 34.1 Å². The molecule has 0 saturated carbocycles. The Morgan fingerprint density at radius 2 is 2.04 bits per heavy atom. The number of nitrogens with one attached hydrogen (secondary N) is 1. The Bertz CT molecular complexity index is 640. The smallest absolute Gasteiger partial charge is 0.330 e. The van der Waals surface area contributed by atoms with Crippen molar-refractivity contribution >= 4 is 51.8 Å². The number of benzene rings is 1. The predicted octanol–water partition coefficient (Wildman–Crippen LogP) is 4.58. The summed E-state index contributed by atoms with van der Waals surface area (Å²) in [5.41, 5.74) is 0.175. The Kier molecular flexibility index (Phi) is 8.71. The van der Waals surface area contributed by atoms with Crippen molar-refractivity contribution in [1.29, 1.82) is 0 Å². The fraction of sp³-hybridized carbons (Fsp3) is 0.444. The lowest BCUT2D eigenvalue weighted by molar-refractivity contribution is -0.148. The highest BCUT2D eigenvalue weighted by Crippen LogP contribution is 2.24. The molecule has 1 N–H and O–H groups in total. The molecule has 1 aromatic carbocycles. The predicted molar refractivity (Wildman–Crippen MR) is 108 cm³/mol. The van der Waals surface area contributed by atoms with Crippen molar-refractivity contribution in [3.8, 4) is 0 Å². The average Bonchev–Trinajstić information content (AvgIpc) is 2.48. The van der Waals surface area contributed by atoms with E-state index in [1.807, 2.05) is 6.07 Å². The van der Waals surface area contributed by atoms with Crippen molar-refractivity contribution in [2.45, 2.75) is 45.8 Å². The lowest BCUT2D eigenvalue weighted by atomic mass is 10.1. The lowest BCUT2D eigenvalue weighted by Crippen LogP contribution is -2.31. The van der Waals surface area contributed by atoms with Crippen molar-refractivity contribution in [3.63, 3.8) is 0 Å². The number of halogens is 2. The molecule has 0 amide bonds. The first kappa shape index (κ1) is 21.8. The van der Waals surface area contributed by atoms with Crippen LogP contribution in [0.5, 0.6) is 0 Å². The molecule has 0 spiro atoms. The highest BCUT2D eigenvalue weighted by atomic mass is 127. The average molecular weight is 480 g/mol. The third-order valence-corrected chi connectivity index (χ3v) is 4.04. The van der Waals surface area contributed by atoms with Crippen LogP contribution in [-0.2, 0) is 19.1 Å². The molecule has 1 unspecified atom stereocenters. The van der Waals surface area contributed by atoms with Gasteiger partial charge in [-0.1, -0.05) is 17.7 Å². The molecule has 5 nitrogen and oxygen atoms in total. The SMILES string of the molecule is CCOC(=O)C(C/C=C/C(=O)OC(C)(C)C)Nc1cc(Cl)ccc1I. The maximum Gasteiger partial charge on any atom is 0.330 e. The first-order valence-electron chi connectivity index (χ1n) is 7.90. The highest BCUT2D eigenvalue weighted by Gasteiger charge is 2.20. The first-order chi connectivity index (χ1) is 11.6. The molecule has 0 bridgehead atoms. The van der Waals surface area contributed by atoms with Crippen LogP contribution in [0.15, 0.2) is 30.4 Å². The summed E-state index contributed by atoms with van der Waals surface area (Å²) in [6.45, 7) is 7.41. The molecule has 7 heteroatoms. The van der Waals surface area contributed by atoms with Gasteiger partial charge in [0.25, 0.3) is 0 Å². The third kappa shape index (κ3) is 8.58. The summed E-state index contributed by atoms with van der Waals surface area (Å²) in [5, 5.41) is 3.69. The number of esters is 2. The van der Waals surface area contributed by atoms with E-state index >= 15 is 0 Å². The van der Waals surface area contributed by atoms with Gasteiger partial charge in [0, 0.05) is 20.4 Å². The monoisotopic (exact) mass is 479 g/mol. The summed E-state index contributed by atoms with van der Waals surface area (Å²) in [4.78, 5) is 23.9. The van der Waals surface area contributed by atoms with E-state index in [4.69, 9.17) is 21.1 Å². The number of anilines is 1. The van der Waals surface area contributed by atoms with Gasteiger partial charge in [-0.05, 0) is 74.9 Å². The van der Waals surface area contributed by atoms with E-state index in [9.17, 15) is 9.59 Å². The molecule has 0 aromatic heterocycles. The van der Waals surface area contributed by atoms with Crippen molar-refractivity contribution in [2.24, 2.45) is 0 Å². The van der Waals surface area contributed by atoms with E-state index in [-0.39, 0.29) is 13.0 Å². The first-order valence-corrected chi connectivity index (χ1v) is 9.35. The molecule has 0 heterocycles. The van der Waals surface area contributed by atoms with E-state index in [0.717, 1.165) is 9.26 Å². The van der Waals surface area contributed by atoms with Crippen LogP contribution in [0.4, 0.5) is 5.69 Å². The Morgan fingerprint density at radius 1 is 1.36 bits per heavy atom. The second-order valence-corrected chi connectivity index (χ2v) is 7.84. The second-order valence-electron chi connectivity index (χ2n) is 6.24. The number of hydrogen-bond donors (Lipinski definition) is 1. The van der Waals surface area contributed by atoms with Crippen molar-refractivity contribution in [2.75, 3.05) is 11.9 Å². The van der Waals surface area contributed by atoms with Gasteiger partial charge in [-0.25, -0.2) is 9.59 Å². The fourth-order valence-corrected chi connectivity index (χ4v) is 2.55. The minimum absolute atomic E-state index is 0.277. The summed E-state index contributed by atoms with van der Waals surface area (Å²) in [6.07, 6.45) is 3.20. The molecule has 0 saturated heterocycles. The maximum atomic E-state index is 12.2. The van der Waals surface area contributed by atoms with E-state index in [0.29, 0.717) is 5.02 Å². The molecule has 138 valence electrons. The molecular formula is C18H23ClINO4. The minimum Gasteiger partial charge on any atom is -0.464 e. The minimum atomic E-state index is -0.634. The van der Waals surface area contributed by atoms with Gasteiger partial charge < -0.3 is 14.8 Å². The van der Waals surface area contributed by atoms with Crippen molar-refractivity contribution in [3.05, 3.63) is 38.9 Å². The molecule has 0 aliphatic rings. The Hall–Kier alpha value is -1.28. The summed E-state index contributed by atoms with van der Waals surface area (Å²) >= 11 is 8.17. The quantitative estimate of drug-likeness (QED) is 0.352. The largest absolute Gasteiger partial charge is 0.464 e. The molecule has 1 atom stereocenters. The number of ether oxygens (including phenoxy) is 2. The number of rotatable bonds is 7. The molecule has 0 aliphatic heterocycles. The highest BCUT2D eigenvalue weighted by molar-refractivity contribution is 14.1. The zero-order valence-electron chi connectivity index (χ0n) is 14.8. The number of hydrogen-bond acceptors (Lipinski definition) is 5. The van der Waals surface area contributed by atoms with E-state index in [1.165, 1.54) is 6.08 Å². The van der Waals surface area contributed by atoms with Crippen LogP contribution >= 0.6 is 34.2 Å². The van der Waals surface area contributed by atoms with Gasteiger partial charge in [0.15, 0.2) is 0 Å². The molecule has 1 aromatic rings. The van der Waals surface area contributed by atoms with Gasteiger partial charge >= 0.3 is 11.9 Å². The maximum absolute atomic E-state index is 12.2. The van der Waals surface area contributed by atoms with Crippen LogP contribution in [0, 0.1) is 3.57 Å². The van der Waals surface area contributed by atoms with Gasteiger partial charge in [0.1, 0.15) is 11.6 Å². The molecule has 0 fully saturated rings. The van der Waals surface area contributed by atoms with E-state index in [2.05, 4.69) is 27.9 Å². The second kappa shape index (κ2) is 10.0. The number of carbonyl (C=O) groups excluding carboxylic acids is 2. The van der Waals surface area contributed by atoms with Gasteiger partial charge in [-0.15, -0.1) is 0 Å². The molecule has 0 radical (unpaired) electrons. The topological polar surface area (TPSA) is 64.6 Å². The van der Waals surface area contributed by atoms with Crippen LogP contribution < -0.4 is 5.32 Å². The molecular weight excluding hydrogens is 457 g/mol. The molecule has 1 rings (SSSR count). The zero-order valence-corrected chi connectivity index (χ0v) is 17.7. The standard InChI is InChI=1S/C18H23ClINO4/c1-5-24-17(23)14(7-6-8-16(22)25-18(2,3)4)21-15-11-12(19)9-10-13(15)20/h6,8-11,14,21H,5,7H2,1-4H3/b8-6+. The van der Waals surface area contributed by atoms with Crippen molar-refractivity contribution < 1.29 is 19.1 Å². The third-order valence-electron chi connectivity index (χ3n) is 2.86. The van der Waals surface area contributed by atoms with Gasteiger partial charge in [0.05, 0.1) is 6.61 Å². The number of carbonyl (C=O) groups is 2. The summed E-state index contributed by atoms with van der Waals surface area (Å²) in [7, 11) is 0. The fourth-order valence-electron chi connectivity index (χ4n) is 1.89. The van der Waals surface area contributed by atoms with Crippen LogP contribution in [0.25, 0.3) is 0 Å². The summed E-state index contributed by atoms with van der Waals surface area (Å²) < 4.78 is 11.2. The summed E-state index contributed by atoms with van der Waals surface area (Å²) in [5.74, 6) is -0.848. The Morgan fingerprint density at radius 3 is 2.64 bits per heavy atom. The van der Waals surface area contributed by atoms with E-state index < -0.39 is 23.6 Å².